The molecule has 0 aliphatic heterocycles. The maximum absolute atomic E-state index is 12.2. The topological polar surface area (TPSA) is 169 Å². The summed E-state index contributed by atoms with van der Waals surface area (Å²) in [5, 5.41) is 21.6. The van der Waals surface area contributed by atoms with E-state index in [9.17, 15) is 34.1 Å². The fourth-order valence-corrected chi connectivity index (χ4v) is 5.59. The molecule has 1 amide bonds. The van der Waals surface area contributed by atoms with Gasteiger partial charge in [0.25, 0.3) is 0 Å². The van der Waals surface area contributed by atoms with E-state index in [2.05, 4.69) is 43.5 Å². The molecule has 0 radical (unpaired) electrons. The van der Waals surface area contributed by atoms with Gasteiger partial charge in [-0.2, -0.15) is 0 Å². The molecule has 0 rings (SSSR count). The standard InChI is InChI=1S/C36H66NO10P/c1-3-5-7-9-11-12-13-14-15-16-17-18-19-20-21-22-23-25-27-34(39)37-33(36(41)42)31-47-48(43,44)46-30-32(38)29-45-35(40)28-26-24-10-8-6-4-2/h12-13,15-16,32-33,38H,3-11,14,17-31H2,1-2H3,(H,37,39)(H,41,42)(H,43,44)/b13-12-,16-15-. The van der Waals surface area contributed by atoms with Crippen molar-refractivity contribution >= 4 is 25.7 Å². The summed E-state index contributed by atoms with van der Waals surface area (Å²) in [6.07, 6.45) is 29.6. The predicted molar refractivity (Wildman–Crippen MR) is 189 cm³/mol. The van der Waals surface area contributed by atoms with E-state index in [1.165, 1.54) is 44.9 Å². The second-order valence-corrected chi connectivity index (χ2v) is 13.9. The fraction of sp³-hybridized carbons (Fsp3) is 0.806. The van der Waals surface area contributed by atoms with E-state index in [1.54, 1.807) is 0 Å². The minimum atomic E-state index is -4.74. The number of esters is 1. The molecule has 11 nitrogen and oxygen atoms in total. The van der Waals surface area contributed by atoms with Gasteiger partial charge in [0, 0.05) is 12.8 Å². The normalized spacial score (nSPS) is 14.2. The Morgan fingerprint density at radius 3 is 1.71 bits per heavy atom. The van der Waals surface area contributed by atoms with Gasteiger partial charge in [-0.15, -0.1) is 0 Å². The van der Waals surface area contributed by atoms with Crippen LogP contribution in [0, 0.1) is 0 Å². The molecule has 3 unspecified atom stereocenters. The van der Waals surface area contributed by atoms with Gasteiger partial charge in [-0.25, -0.2) is 9.36 Å². The summed E-state index contributed by atoms with van der Waals surface area (Å²) in [6, 6.07) is -1.55. The van der Waals surface area contributed by atoms with Crippen LogP contribution in [0.5, 0.6) is 0 Å². The van der Waals surface area contributed by atoms with E-state index in [-0.39, 0.29) is 12.8 Å². The molecule has 0 fully saturated rings. The van der Waals surface area contributed by atoms with Crippen LogP contribution in [0.4, 0.5) is 0 Å². The molecule has 0 saturated carbocycles. The van der Waals surface area contributed by atoms with Crippen molar-refractivity contribution in [3.8, 4) is 0 Å². The Kier molecular flexibility index (Phi) is 30.8. The van der Waals surface area contributed by atoms with Crippen molar-refractivity contribution in [1.82, 2.24) is 5.32 Å². The molecule has 0 heterocycles. The molecule has 0 spiro atoms. The molecular weight excluding hydrogens is 637 g/mol. The Hall–Kier alpha value is -2.04. The first-order valence-corrected chi connectivity index (χ1v) is 19.9. The summed E-state index contributed by atoms with van der Waals surface area (Å²) in [5.41, 5.74) is 0. The van der Waals surface area contributed by atoms with E-state index < -0.39 is 57.6 Å². The Balaban J connectivity index is 3.97. The molecule has 0 aromatic heterocycles. The van der Waals surface area contributed by atoms with E-state index >= 15 is 0 Å². The van der Waals surface area contributed by atoms with E-state index in [0.29, 0.717) is 12.8 Å². The first-order valence-electron chi connectivity index (χ1n) is 18.4. The average molecular weight is 704 g/mol. The Bertz CT molecular complexity index is 926. The van der Waals surface area contributed by atoms with Crippen molar-refractivity contribution in [3.05, 3.63) is 24.3 Å². The summed E-state index contributed by atoms with van der Waals surface area (Å²) in [6.45, 7) is 2.46. The molecular formula is C36H66NO10P. The molecule has 3 atom stereocenters. The predicted octanol–water partition coefficient (Wildman–Crippen LogP) is 8.33. The summed E-state index contributed by atoms with van der Waals surface area (Å²) in [5.74, 6) is -2.39. The van der Waals surface area contributed by atoms with Crippen LogP contribution in [0.1, 0.15) is 155 Å². The van der Waals surface area contributed by atoms with Crippen LogP contribution in [0.3, 0.4) is 0 Å². The maximum Gasteiger partial charge on any atom is 0.472 e. The maximum atomic E-state index is 12.2. The van der Waals surface area contributed by atoms with Gasteiger partial charge in [0.15, 0.2) is 6.04 Å². The first kappa shape index (κ1) is 46.0. The number of carboxylic acid groups (broad SMARTS) is 1. The van der Waals surface area contributed by atoms with Crippen molar-refractivity contribution in [3.63, 3.8) is 0 Å². The molecule has 0 aliphatic rings. The molecule has 0 saturated heterocycles. The number of unbranched alkanes of at least 4 members (excludes halogenated alkanes) is 16. The van der Waals surface area contributed by atoms with Gasteiger partial charge in [-0.1, -0.05) is 122 Å². The highest BCUT2D eigenvalue weighted by Crippen LogP contribution is 2.43. The lowest BCUT2D eigenvalue weighted by atomic mass is 10.1. The summed E-state index contributed by atoms with van der Waals surface area (Å²) in [4.78, 5) is 45.4. The van der Waals surface area contributed by atoms with E-state index in [0.717, 1.165) is 70.6 Å². The number of phosphoric acid groups is 1. The number of aliphatic hydroxyl groups excluding tert-OH is 1. The number of rotatable bonds is 34. The highest BCUT2D eigenvalue weighted by Gasteiger charge is 2.28. The highest BCUT2D eigenvalue weighted by molar-refractivity contribution is 7.47. The minimum absolute atomic E-state index is 0.138. The lowest BCUT2D eigenvalue weighted by Gasteiger charge is -2.18. The summed E-state index contributed by atoms with van der Waals surface area (Å²) < 4.78 is 26.5. The first-order chi connectivity index (χ1) is 23.1. The van der Waals surface area contributed by atoms with Crippen molar-refractivity contribution in [2.45, 2.75) is 167 Å². The number of ether oxygens (including phenoxy) is 1. The molecule has 280 valence electrons. The second-order valence-electron chi connectivity index (χ2n) is 12.4. The zero-order valence-corrected chi connectivity index (χ0v) is 30.7. The third kappa shape index (κ3) is 31.2. The van der Waals surface area contributed by atoms with Crippen LogP contribution in [0.25, 0.3) is 0 Å². The second kappa shape index (κ2) is 32.2. The van der Waals surface area contributed by atoms with Crippen molar-refractivity contribution < 1.29 is 47.8 Å². The van der Waals surface area contributed by atoms with Crippen molar-refractivity contribution in [2.24, 2.45) is 0 Å². The lowest BCUT2D eigenvalue weighted by Crippen LogP contribution is -2.43. The number of carboxylic acids is 1. The molecule has 0 aliphatic carbocycles. The Morgan fingerprint density at radius 1 is 0.667 bits per heavy atom. The number of amides is 1. The zero-order chi connectivity index (χ0) is 35.7. The average Bonchev–Trinajstić information content (AvgIpc) is 3.05. The number of phosphoric ester groups is 1. The molecule has 0 bridgehead atoms. The quantitative estimate of drug-likeness (QED) is 0.0221. The van der Waals surface area contributed by atoms with Crippen LogP contribution in [0.15, 0.2) is 24.3 Å². The third-order valence-electron chi connectivity index (χ3n) is 7.74. The molecule has 12 heteroatoms. The number of carbonyl (C=O) groups excluding carboxylic acids is 2. The number of aliphatic hydroxyl groups is 1. The zero-order valence-electron chi connectivity index (χ0n) is 29.8. The van der Waals surface area contributed by atoms with Gasteiger partial charge >= 0.3 is 19.8 Å². The van der Waals surface area contributed by atoms with E-state index in [4.69, 9.17) is 13.8 Å². The van der Waals surface area contributed by atoms with Crippen LogP contribution in [0.2, 0.25) is 0 Å². The molecule has 4 N–H and O–H groups in total. The number of aliphatic carboxylic acids is 1. The van der Waals surface area contributed by atoms with Crippen molar-refractivity contribution in [1.29, 1.82) is 0 Å². The van der Waals surface area contributed by atoms with Gasteiger partial charge in [-0.3, -0.25) is 18.6 Å². The molecule has 0 aromatic rings. The fourth-order valence-electron chi connectivity index (χ4n) is 4.81. The Labute approximate surface area is 289 Å². The number of allylic oxidation sites excluding steroid dienone is 4. The lowest BCUT2D eigenvalue weighted by molar-refractivity contribution is -0.147. The third-order valence-corrected chi connectivity index (χ3v) is 8.69. The van der Waals surface area contributed by atoms with Crippen molar-refractivity contribution in [2.75, 3.05) is 19.8 Å². The van der Waals surface area contributed by atoms with Crippen LogP contribution >= 0.6 is 7.82 Å². The number of carbonyl (C=O) groups is 3. The van der Waals surface area contributed by atoms with Gasteiger partial charge in [0.05, 0.1) is 13.2 Å². The largest absolute Gasteiger partial charge is 0.480 e. The van der Waals surface area contributed by atoms with E-state index in [1.807, 2.05) is 0 Å². The SMILES string of the molecule is CCCCCC/C=C\C/C=C\CCCCCCCCCC(=O)NC(COP(=O)(O)OCC(O)COC(=O)CCCCCCCC)C(=O)O. The van der Waals surface area contributed by atoms with Crippen LogP contribution < -0.4 is 5.32 Å². The van der Waals surface area contributed by atoms with Crippen LogP contribution in [-0.2, 0) is 32.7 Å². The summed E-state index contributed by atoms with van der Waals surface area (Å²) in [7, 11) is -4.74. The summed E-state index contributed by atoms with van der Waals surface area (Å²) >= 11 is 0. The monoisotopic (exact) mass is 703 g/mol. The highest BCUT2D eigenvalue weighted by atomic mass is 31.2. The Morgan fingerprint density at radius 2 is 1.15 bits per heavy atom. The number of hydrogen-bond donors (Lipinski definition) is 4. The van der Waals surface area contributed by atoms with Gasteiger partial charge in [0.1, 0.15) is 12.7 Å². The van der Waals surface area contributed by atoms with Gasteiger partial charge < -0.3 is 25.2 Å². The number of hydrogen-bond acceptors (Lipinski definition) is 8. The van der Waals surface area contributed by atoms with Gasteiger partial charge in [-0.05, 0) is 44.9 Å². The number of nitrogens with one attached hydrogen (secondary N) is 1. The molecule has 48 heavy (non-hydrogen) atoms. The smallest absolute Gasteiger partial charge is 0.472 e. The molecule has 0 aromatic carbocycles. The van der Waals surface area contributed by atoms with Gasteiger partial charge in [0.2, 0.25) is 5.91 Å². The van der Waals surface area contributed by atoms with Crippen LogP contribution in [-0.4, -0.2) is 64.9 Å². The minimum Gasteiger partial charge on any atom is -0.480 e.